The van der Waals surface area contributed by atoms with E-state index in [2.05, 4.69) is 81.9 Å². The smallest absolute Gasteiger partial charge is 0 e. The summed E-state index contributed by atoms with van der Waals surface area (Å²) in [6.07, 6.45) is 7.11. The van der Waals surface area contributed by atoms with Gasteiger partial charge in [-0.1, -0.05) is 59.7 Å². The quantitative estimate of drug-likeness (QED) is 0.0994. The molecule has 0 aliphatic rings. The molecular weight excluding hydrogens is 920 g/mol. The predicted octanol–water partition coefficient (Wildman–Crippen LogP) is 16.1. The fourth-order valence-electron chi connectivity index (χ4n) is 4.55. The molecule has 0 bridgehead atoms. The number of halogens is 12. The Morgan fingerprint density at radius 1 is 0.295 bits per heavy atom. The summed E-state index contributed by atoms with van der Waals surface area (Å²) in [7, 11) is -21.3. The number of rotatable bonds is 4. The second-order valence-electron chi connectivity index (χ2n) is 12.8. The molecule has 0 aliphatic heterocycles. The molecule has 6 nitrogen and oxygen atoms in total. The fourth-order valence-corrected chi connectivity index (χ4v) is 4.55. The average molecular weight is 956 g/mol. The Labute approximate surface area is 355 Å². The van der Waals surface area contributed by atoms with Crippen molar-refractivity contribution in [3.8, 4) is 45.6 Å². The number of aryl methyl sites for hydroxylation is 4. The van der Waals surface area contributed by atoms with Crippen LogP contribution in [0.15, 0.2) is 146 Å². The Kier molecular flexibility index (Phi) is 16.3. The summed E-state index contributed by atoms with van der Waals surface area (Å²) in [6, 6.07) is 39.9. The number of hydrogen-bond acceptors (Lipinski definition) is 6. The Bertz CT molecular complexity index is 2130. The molecule has 0 fully saturated rings. The maximum Gasteiger partial charge on any atom is 0 e. The maximum absolute atomic E-state index is 10.7. The van der Waals surface area contributed by atoms with Crippen LogP contribution in [0.1, 0.15) is 22.3 Å². The molecular formula is C40H36F12N6P2Zn-2. The number of aromatic nitrogens is 6. The molecule has 0 radical (unpaired) electrons. The summed E-state index contributed by atoms with van der Waals surface area (Å²) in [5.41, 5.74) is 12.0. The molecule has 61 heavy (non-hydrogen) atoms. The van der Waals surface area contributed by atoms with Gasteiger partial charge in [-0.05, 0) is 112 Å². The van der Waals surface area contributed by atoms with Crippen LogP contribution < -0.4 is 0 Å². The van der Waals surface area contributed by atoms with E-state index in [1.54, 1.807) is 24.8 Å². The Morgan fingerprint density at radius 2 is 0.492 bits per heavy atom. The second-order valence-corrected chi connectivity index (χ2v) is 16.6. The van der Waals surface area contributed by atoms with E-state index in [1.807, 2.05) is 97.1 Å². The van der Waals surface area contributed by atoms with Crippen molar-refractivity contribution in [1.29, 1.82) is 0 Å². The van der Waals surface area contributed by atoms with E-state index < -0.39 is 15.6 Å². The molecule has 0 unspecified atom stereocenters. The fraction of sp³-hybridized carbons (Fsp3) is 0.100. The van der Waals surface area contributed by atoms with Crippen molar-refractivity contribution in [3.05, 3.63) is 168 Å². The van der Waals surface area contributed by atoms with Crippen molar-refractivity contribution in [1.82, 2.24) is 29.9 Å². The molecule has 0 spiro atoms. The second kappa shape index (κ2) is 19.2. The van der Waals surface area contributed by atoms with Gasteiger partial charge in [0.2, 0.25) is 0 Å². The van der Waals surface area contributed by atoms with Crippen LogP contribution in [-0.4, -0.2) is 29.9 Å². The normalized spacial score (nSPS) is 13.0. The van der Waals surface area contributed by atoms with Crippen molar-refractivity contribution < 1.29 is 69.8 Å². The third-order valence-corrected chi connectivity index (χ3v) is 6.87. The third kappa shape index (κ3) is 25.9. The molecule has 21 heteroatoms. The molecule has 0 saturated heterocycles. The molecule has 6 aromatic heterocycles. The summed E-state index contributed by atoms with van der Waals surface area (Å²) < 4.78 is 118. The van der Waals surface area contributed by atoms with Gasteiger partial charge >= 0.3 is 66.0 Å². The number of pyridine rings is 6. The summed E-state index contributed by atoms with van der Waals surface area (Å²) >= 11 is 0. The van der Waals surface area contributed by atoms with E-state index in [-0.39, 0.29) is 19.5 Å². The van der Waals surface area contributed by atoms with Gasteiger partial charge in [0.25, 0.3) is 0 Å². The van der Waals surface area contributed by atoms with Crippen LogP contribution in [0.25, 0.3) is 45.6 Å². The third-order valence-electron chi connectivity index (χ3n) is 6.87. The molecule has 7 rings (SSSR count). The molecule has 0 N–H and O–H groups in total. The number of nitrogens with zero attached hydrogens (tertiary/aromatic N) is 6. The van der Waals surface area contributed by atoms with Crippen molar-refractivity contribution in [2.45, 2.75) is 27.7 Å². The van der Waals surface area contributed by atoms with E-state index in [0.29, 0.717) is 0 Å². The number of benzene rings is 1. The van der Waals surface area contributed by atoms with Crippen LogP contribution in [0, 0.1) is 27.7 Å². The molecule has 0 aliphatic carbocycles. The first-order chi connectivity index (χ1) is 27.3. The van der Waals surface area contributed by atoms with E-state index in [4.69, 9.17) is 0 Å². The minimum Gasteiger partial charge on any atom is 0 e. The van der Waals surface area contributed by atoms with Crippen molar-refractivity contribution in [3.63, 3.8) is 0 Å². The zero-order valence-electron chi connectivity index (χ0n) is 32.7. The van der Waals surface area contributed by atoms with Crippen LogP contribution in [0.4, 0.5) is 50.4 Å². The monoisotopic (exact) mass is 954 g/mol. The zero-order chi connectivity index (χ0) is 45.0. The van der Waals surface area contributed by atoms with Gasteiger partial charge in [0.05, 0.1) is 45.6 Å². The van der Waals surface area contributed by atoms with Crippen LogP contribution in [0.5, 0.6) is 0 Å². The molecule has 0 amide bonds. The Morgan fingerprint density at radius 3 is 0.656 bits per heavy atom. The van der Waals surface area contributed by atoms with Crippen LogP contribution in [0.3, 0.4) is 0 Å². The van der Waals surface area contributed by atoms with Crippen LogP contribution in [0.2, 0.25) is 0 Å². The van der Waals surface area contributed by atoms with Gasteiger partial charge in [0.1, 0.15) is 0 Å². The predicted molar refractivity (Wildman–Crippen MR) is 214 cm³/mol. The van der Waals surface area contributed by atoms with Gasteiger partial charge in [-0.2, -0.15) is 0 Å². The minimum atomic E-state index is -10.7. The van der Waals surface area contributed by atoms with E-state index in [1.165, 1.54) is 11.1 Å². The largest absolute Gasteiger partial charge is 0 e. The van der Waals surface area contributed by atoms with E-state index in [9.17, 15) is 50.4 Å². The maximum atomic E-state index is 9.87. The van der Waals surface area contributed by atoms with E-state index in [0.717, 1.165) is 56.7 Å². The minimum absolute atomic E-state index is 0. The van der Waals surface area contributed by atoms with Gasteiger partial charge in [0, 0.05) is 44.3 Å². The van der Waals surface area contributed by atoms with Crippen molar-refractivity contribution in [2.75, 3.05) is 0 Å². The molecule has 324 valence electrons. The zero-order valence-corrected chi connectivity index (χ0v) is 37.4. The standard InChI is InChI=1S/2C16H13N3.C8H10.2F6P.Zn/c2*1-12-10-15(13-6-2-4-8-17-13)19-16(11-12)14-7-3-5-9-18-14;1-7-3-5-8(2)6-4-7;2*1-7(2,3,4,5)6;/h2*2-11H,1H3;3-6H,1-2H3;;;/q;;;2*-1;. The molecule has 7 aromatic rings. The summed E-state index contributed by atoms with van der Waals surface area (Å²) in [5, 5.41) is 0. The van der Waals surface area contributed by atoms with Gasteiger partial charge in [0.15, 0.2) is 0 Å². The van der Waals surface area contributed by atoms with Gasteiger partial charge in [-0.3, -0.25) is 19.9 Å². The first-order valence-corrected chi connectivity index (χ1v) is 21.2. The van der Waals surface area contributed by atoms with Crippen LogP contribution >= 0.6 is 15.6 Å². The Hall–Kier alpha value is -5.24. The first kappa shape index (κ1) is 51.9. The SMILES string of the molecule is Cc1cc(-c2ccccn2)nc(-c2ccccn2)c1.Cc1cc(-c2ccccn2)nc(-c2ccccn2)c1.Cc1ccc(C)cc1.F[P-](F)(F)(F)(F)F.F[P-](F)(F)(F)(F)F.[Zn]. The average Bonchev–Trinajstić information content (AvgIpc) is 3.15. The van der Waals surface area contributed by atoms with E-state index >= 15 is 0 Å². The van der Waals surface area contributed by atoms with Gasteiger partial charge < -0.3 is 0 Å². The number of hydrogen-bond donors (Lipinski definition) is 0. The van der Waals surface area contributed by atoms with Gasteiger partial charge in [-0.25, -0.2) is 9.97 Å². The van der Waals surface area contributed by atoms with Crippen molar-refractivity contribution in [2.24, 2.45) is 0 Å². The first-order valence-electron chi connectivity index (χ1n) is 17.1. The molecule has 1 aromatic carbocycles. The van der Waals surface area contributed by atoms with Gasteiger partial charge in [-0.15, -0.1) is 0 Å². The topological polar surface area (TPSA) is 77.3 Å². The summed E-state index contributed by atoms with van der Waals surface area (Å²) in [4.78, 5) is 26.7. The molecule has 0 atom stereocenters. The molecule has 0 saturated carbocycles. The van der Waals surface area contributed by atoms with Crippen molar-refractivity contribution >= 4 is 15.6 Å². The molecule has 6 heterocycles. The summed E-state index contributed by atoms with van der Waals surface area (Å²) in [6.45, 7) is 8.31. The van der Waals surface area contributed by atoms with Crippen LogP contribution in [-0.2, 0) is 19.5 Å². The Balaban J connectivity index is 0.000000284. The summed E-state index contributed by atoms with van der Waals surface area (Å²) in [5.74, 6) is 0.